The van der Waals surface area contributed by atoms with Crippen molar-refractivity contribution in [1.82, 2.24) is 14.9 Å². The van der Waals surface area contributed by atoms with Gasteiger partial charge in [-0.25, -0.2) is 0 Å². The molecule has 0 bridgehead atoms. The first-order valence-electron chi connectivity index (χ1n) is 7.97. The second-order valence-corrected chi connectivity index (χ2v) is 6.94. The topological polar surface area (TPSA) is 64.2 Å². The van der Waals surface area contributed by atoms with Crippen molar-refractivity contribution in [3.05, 3.63) is 67.4 Å². The molecular formula is C18H18Cl2N4O2. The largest absolute Gasteiger partial charge is 0.367 e. The predicted molar refractivity (Wildman–Crippen MR) is 103 cm³/mol. The first-order chi connectivity index (χ1) is 12.3. The van der Waals surface area contributed by atoms with Gasteiger partial charge in [0.1, 0.15) is 10.8 Å². The lowest BCUT2D eigenvalue weighted by atomic mass is 10.2. The number of rotatable bonds is 4. The smallest absolute Gasteiger partial charge is 0.292 e. The van der Waals surface area contributed by atoms with Crippen LogP contribution in [0, 0.1) is 20.8 Å². The molecule has 0 amide bonds. The van der Waals surface area contributed by atoms with E-state index in [0.717, 1.165) is 22.6 Å². The number of nitrogens with zero attached hydrogens (tertiary/aromatic N) is 4. The van der Waals surface area contributed by atoms with E-state index in [1.165, 1.54) is 4.68 Å². The molecule has 0 N–H and O–H groups in total. The van der Waals surface area contributed by atoms with E-state index < -0.39 is 5.56 Å². The van der Waals surface area contributed by atoms with Gasteiger partial charge in [-0.15, -0.1) is 0 Å². The molecule has 1 aromatic carbocycles. The van der Waals surface area contributed by atoms with Crippen molar-refractivity contribution in [1.29, 1.82) is 0 Å². The number of hydrogen-bond donors (Lipinski definition) is 0. The van der Waals surface area contributed by atoms with Gasteiger partial charge in [-0.2, -0.15) is 9.78 Å². The van der Waals surface area contributed by atoms with Crippen LogP contribution in [0.2, 0.25) is 10.0 Å². The predicted octanol–water partition coefficient (Wildman–Crippen LogP) is 4.09. The minimum absolute atomic E-state index is 0.0888. The Kier molecular flexibility index (Phi) is 5.07. The Balaban J connectivity index is 1.97. The van der Waals surface area contributed by atoms with Crippen LogP contribution in [-0.2, 0) is 6.54 Å². The highest BCUT2D eigenvalue weighted by Gasteiger charge is 2.17. The number of anilines is 1. The molecular weight excluding hydrogens is 375 g/mol. The van der Waals surface area contributed by atoms with Gasteiger partial charge in [-0.1, -0.05) is 34.4 Å². The highest BCUT2D eigenvalue weighted by molar-refractivity contribution is 6.33. The fraction of sp³-hybridized carbons (Fsp3) is 0.278. The summed E-state index contributed by atoms with van der Waals surface area (Å²) in [7, 11) is 1.83. The molecule has 6 nitrogen and oxygen atoms in total. The third kappa shape index (κ3) is 3.34. The lowest BCUT2D eigenvalue weighted by molar-refractivity contribution is 0.392. The molecule has 2 aromatic heterocycles. The lowest BCUT2D eigenvalue weighted by Crippen LogP contribution is -2.26. The highest BCUT2D eigenvalue weighted by Crippen LogP contribution is 2.25. The second-order valence-electron chi connectivity index (χ2n) is 6.15. The quantitative estimate of drug-likeness (QED) is 0.668. The summed E-state index contributed by atoms with van der Waals surface area (Å²) in [6.45, 7) is 6.12. The maximum atomic E-state index is 12.7. The zero-order valence-corrected chi connectivity index (χ0v) is 16.4. The first kappa shape index (κ1) is 18.5. The molecule has 3 aromatic rings. The van der Waals surface area contributed by atoms with E-state index in [0.29, 0.717) is 22.9 Å². The molecule has 0 saturated heterocycles. The fourth-order valence-corrected chi connectivity index (χ4v) is 3.09. The molecule has 8 heteroatoms. The van der Waals surface area contributed by atoms with Crippen molar-refractivity contribution in [3.63, 3.8) is 0 Å². The van der Waals surface area contributed by atoms with Gasteiger partial charge in [0, 0.05) is 24.2 Å². The monoisotopic (exact) mass is 392 g/mol. The summed E-state index contributed by atoms with van der Waals surface area (Å²) in [6, 6.07) is 5.30. The normalized spacial score (nSPS) is 11.0. The molecule has 0 fully saturated rings. The average molecular weight is 393 g/mol. The van der Waals surface area contributed by atoms with E-state index >= 15 is 0 Å². The van der Waals surface area contributed by atoms with Crippen molar-refractivity contribution >= 4 is 28.9 Å². The SMILES string of the molecule is Cc1ccc(-n2ncc(N(C)Cc3c(C)noc3C)c(Cl)c2=O)cc1Cl. The van der Waals surface area contributed by atoms with Crippen LogP contribution in [0.5, 0.6) is 0 Å². The van der Waals surface area contributed by atoms with Crippen LogP contribution < -0.4 is 10.5 Å². The summed E-state index contributed by atoms with van der Waals surface area (Å²) in [5, 5.41) is 8.85. The molecule has 0 aliphatic carbocycles. The van der Waals surface area contributed by atoms with Gasteiger partial charge >= 0.3 is 0 Å². The van der Waals surface area contributed by atoms with Crippen LogP contribution in [0.4, 0.5) is 5.69 Å². The van der Waals surface area contributed by atoms with Gasteiger partial charge in [-0.3, -0.25) is 4.79 Å². The molecule has 0 atom stereocenters. The zero-order chi connectivity index (χ0) is 19.0. The summed E-state index contributed by atoms with van der Waals surface area (Å²) >= 11 is 12.5. The molecule has 0 aliphatic rings. The summed E-state index contributed by atoms with van der Waals surface area (Å²) in [5.41, 5.74) is 3.37. The Labute approximate surface area is 160 Å². The minimum Gasteiger partial charge on any atom is -0.367 e. The van der Waals surface area contributed by atoms with Crippen molar-refractivity contribution < 1.29 is 4.52 Å². The van der Waals surface area contributed by atoms with Gasteiger partial charge in [0.25, 0.3) is 5.56 Å². The number of benzene rings is 1. The highest BCUT2D eigenvalue weighted by atomic mass is 35.5. The fourth-order valence-electron chi connectivity index (χ4n) is 2.64. The van der Waals surface area contributed by atoms with Crippen LogP contribution >= 0.6 is 23.2 Å². The number of aromatic nitrogens is 3. The number of hydrogen-bond acceptors (Lipinski definition) is 5. The van der Waals surface area contributed by atoms with Crippen LogP contribution in [0.15, 0.2) is 33.7 Å². The maximum absolute atomic E-state index is 12.7. The Morgan fingerprint density at radius 3 is 2.58 bits per heavy atom. The Morgan fingerprint density at radius 1 is 1.23 bits per heavy atom. The van der Waals surface area contributed by atoms with Crippen molar-refractivity contribution in [3.8, 4) is 5.69 Å². The molecule has 2 heterocycles. The summed E-state index contributed by atoms with van der Waals surface area (Å²) in [5.74, 6) is 0.737. The van der Waals surface area contributed by atoms with Crippen LogP contribution in [0.25, 0.3) is 5.69 Å². The summed E-state index contributed by atoms with van der Waals surface area (Å²) in [4.78, 5) is 14.5. The third-order valence-electron chi connectivity index (χ3n) is 4.29. The van der Waals surface area contributed by atoms with E-state index in [-0.39, 0.29) is 5.02 Å². The van der Waals surface area contributed by atoms with E-state index in [2.05, 4.69) is 10.3 Å². The van der Waals surface area contributed by atoms with Gasteiger partial charge in [0.2, 0.25) is 0 Å². The van der Waals surface area contributed by atoms with Crippen LogP contribution in [0.1, 0.15) is 22.6 Å². The molecule has 0 spiro atoms. The molecule has 136 valence electrons. The van der Waals surface area contributed by atoms with E-state index in [1.807, 2.05) is 38.8 Å². The van der Waals surface area contributed by atoms with Crippen molar-refractivity contribution in [2.75, 3.05) is 11.9 Å². The van der Waals surface area contributed by atoms with E-state index in [4.69, 9.17) is 27.7 Å². The van der Waals surface area contributed by atoms with Gasteiger partial charge in [-0.05, 0) is 38.5 Å². The Hall–Kier alpha value is -2.31. The number of halogens is 2. The second kappa shape index (κ2) is 7.13. The Bertz CT molecular complexity index is 1010. The lowest BCUT2D eigenvalue weighted by Gasteiger charge is -2.20. The van der Waals surface area contributed by atoms with Gasteiger partial charge in [0.15, 0.2) is 0 Å². The van der Waals surface area contributed by atoms with E-state index in [9.17, 15) is 4.79 Å². The van der Waals surface area contributed by atoms with Crippen LogP contribution in [-0.4, -0.2) is 22.0 Å². The molecule has 0 radical (unpaired) electrons. The molecule has 26 heavy (non-hydrogen) atoms. The van der Waals surface area contributed by atoms with Gasteiger partial charge in [0.05, 0.1) is 23.3 Å². The van der Waals surface area contributed by atoms with Crippen molar-refractivity contribution in [2.45, 2.75) is 27.3 Å². The first-order valence-corrected chi connectivity index (χ1v) is 8.72. The Morgan fingerprint density at radius 2 is 1.96 bits per heavy atom. The molecule has 0 aliphatic heterocycles. The van der Waals surface area contributed by atoms with E-state index in [1.54, 1.807) is 18.3 Å². The summed E-state index contributed by atoms with van der Waals surface area (Å²) in [6.07, 6.45) is 1.57. The standard InChI is InChI=1S/C18H18Cl2N4O2/c1-10-5-6-13(7-15(10)19)24-18(25)17(20)16(8-21-24)23(4)9-14-11(2)22-26-12(14)3/h5-8H,9H2,1-4H3. The third-order valence-corrected chi connectivity index (χ3v) is 5.05. The molecule has 3 rings (SSSR count). The minimum atomic E-state index is -0.408. The molecule has 0 saturated carbocycles. The zero-order valence-electron chi connectivity index (χ0n) is 14.9. The maximum Gasteiger partial charge on any atom is 0.292 e. The number of aryl methyl sites for hydroxylation is 3. The average Bonchev–Trinajstić information content (AvgIpc) is 2.91. The van der Waals surface area contributed by atoms with Gasteiger partial charge < -0.3 is 9.42 Å². The summed E-state index contributed by atoms with van der Waals surface area (Å²) < 4.78 is 6.42. The van der Waals surface area contributed by atoms with Crippen molar-refractivity contribution in [2.24, 2.45) is 0 Å². The molecule has 0 unspecified atom stereocenters. The van der Waals surface area contributed by atoms with Crippen LogP contribution in [0.3, 0.4) is 0 Å².